The number of anilines is 2. The molecule has 5 nitrogen and oxygen atoms in total. The summed E-state index contributed by atoms with van der Waals surface area (Å²) in [7, 11) is 0. The molecule has 1 aromatic heterocycles. The van der Waals surface area contributed by atoms with Crippen LogP contribution in [0, 0.1) is 0 Å². The maximum atomic E-state index is 12.3. The van der Waals surface area contributed by atoms with Gasteiger partial charge in [-0.1, -0.05) is 23.7 Å². The molecule has 0 unspecified atom stereocenters. The standard InChI is InChI=1S/C15H15ClN4O/c16-11-5-1-2-6-12(11)18-14(21)13-7-8-17-15(19-13)20-9-3-4-10-20/h1-2,5-8H,3-4,9-10H2,(H,18,21). The van der Waals surface area contributed by atoms with Crippen molar-refractivity contribution < 1.29 is 4.79 Å². The predicted molar refractivity (Wildman–Crippen MR) is 82.9 cm³/mol. The molecule has 0 bridgehead atoms. The zero-order valence-corrected chi connectivity index (χ0v) is 12.2. The van der Waals surface area contributed by atoms with Gasteiger partial charge < -0.3 is 10.2 Å². The maximum absolute atomic E-state index is 12.3. The number of nitrogens with zero attached hydrogens (tertiary/aromatic N) is 3. The molecule has 6 heteroatoms. The van der Waals surface area contributed by atoms with Gasteiger partial charge in [0, 0.05) is 19.3 Å². The molecule has 0 spiro atoms. The first-order valence-electron chi connectivity index (χ1n) is 6.88. The largest absolute Gasteiger partial charge is 0.341 e. The normalized spacial score (nSPS) is 14.2. The summed E-state index contributed by atoms with van der Waals surface area (Å²) in [5, 5.41) is 3.26. The van der Waals surface area contributed by atoms with Gasteiger partial charge in [0.1, 0.15) is 5.69 Å². The summed E-state index contributed by atoms with van der Waals surface area (Å²) in [6, 6.07) is 8.71. The number of hydrogen-bond acceptors (Lipinski definition) is 4. The lowest BCUT2D eigenvalue weighted by Gasteiger charge is -2.15. The van der Waals surface area contributed by atoms with Crippen molar-refractivity contribution in [3.63, 3.8) is 0 Å². The number of benzene rings is 1. The van der Waals surface area contributed by atoms with Crippen LogP contribution in [0.1, 0.15) is 23.3 Å². The van der Waals surface area contributed by atoms with Crippen LogP contribution in [0.2, 0.25) is 5.02 Å². The summed E-state index contributed by atoms with van der Waals surface area (Å²) in [6.07, 6.45) is 3.89. The molecule has 2 heterocycles. The van der Waals surface area contributed by atoms with E-state index in [0.717, 1.165) is 25.9 Å². The molecule has 108 valence electrons. The van der Waals surface area contributed by atoms with E-state index in [1.165, 1.54) is 0 Å². The Bertz CT molecular complexity index is 656. The van der Waals surface area contributed by atoms with Crippen molar-refractivity contribution in [1.29, 1.82) is 0 Å². The minimum absolute atomic E-state index is 0.286. The molecule has 1 aliphatic rings. The number of amides is 1. The SMILES string of the molecule is O=C(Nc1ccccc1Cl)c1ccnc(N2CCCC2)n1. The molecule has 2 aromatic rings. The monoisotopic (exact) mass is 302 g/mol. The smallest absolute Gasteiger partial charge is 0.274 e. The molecule has 0 atom stereocenters. The van der Waals surface area contributed by atoms with Gasteiger partial charge in [-0.05, 0) is 31.0 Å². The third-order valence-electron chi connectivity index (χ3n) is 3.39. The van der Waals surface area contributed by atoms with E-state index in [1.54, 1.807) is 24.4 Å². The van der Waals surface area contributed by atoms with Crippen LogP contribution < -0.4 is 10.2 Å². The summed E-state index contributed by atoms with van der Waals surface area (Å²) in [5.74, 6) is 0.324. The fraction of sp³-hybridized carbons (Fsp3) is 0.267. The number of halogens is 1. The molecular formula is C15H15ClN4O. The molecule has 1 aliphatic heterocycles. The fourth-order valence-corrected chi connectivity index (χ4v) is 2.48. The van der Waals surface area contributed by atoms with Crippen LogP contribution in [-0.2, 0) is 0 Å². The highest BCUT2D eigenvalue weighted by atomic mass is 35.5. The molecule has 1 N–H and O–H groups in total. The molecule has 3 rings (SSSR count). The topological polar surface area (TPSA) is 58.1 Å². The van der Waals surface area contributed by atoms with Gasteiger partial charge in [-0.2, -0.15) is 0 Å². The molecular weight excluding hydrogens is 288 g/mol. The summed E-state index contributed by atoms with van der Waals surface area (Å²) in [6.45, 7) is 1.88. The van der Waals surface area contributed by atoms with E-state index < -0.39 is 0 Å². The zero-order chi connectivity index (χ0) is 14.7. The molecule has 1 aromatic carbocycles. The first kappa shape index (κ1) is 13.8. The third kappa shape index (κ3) is 3.13. The Hall–Kier alpha value is -2.14. The quantitative estimate of drug-likeness (QED) is 0.947. The van der Waals surface area contributed by atoms with Crippen molar-refractivity contribution in [2.75, 3.05) is 23.3 Å². The van der Waals surface area contributed by atoms with Crippen LogP contribution in [-0.4, -0.2) is 29.0 Å². The Kier molecular flexibility index (Phi) is 4.01. The number of aromatic nitrogens is 2. The Morgan fingerprint density at radius 2 is 1.95 bits per heavy atom. The Labute approximate surface area is 128 Å². The van der Waals surface area contributed by atoms with E-state index >= 15 is 0 Å². The highest BCUT2D eigenvalue weighted by molar-refractivity contribution is 6.33. The molecule has 21 heavy (non-hydrogen) atoms. The van der Waals surface area contributed by atoms with Gasteiger partial charge >= 0.3 is 0 Å². The summed E-state index contributed by atoms with van der Waals surface area (Å²) in [4.78, 5) is 22.9. The molecule has 0 saturated carbocycles. The highest BCUT2D eigenvalue weighted by Gasteiger charge is 2.17. The second-order valence-corrected chi connectivity index (χ2v) is 5.28. The van der Waals surface area contributed by atoms with Crippen LogP contribution in [0.25, 0.3) is 0 Å². The lowest BCUT2D eigenvalue weighted by Crippen LogP contribution is -2.22. The van der Waals surface area contributed by atoms with Crippen LogP contribution >= 0.6 is 11.6 Å². The van der Waals surface area contributed by atoms with Gasteiger partial charge in [0.15, 0.2) is 0 Å². The number of hydrogen-bond donors (Lipinski definition) is 1. The molecule has 1 fully saturated rings. The summed E-state index contributed by atoms with van der Waals surface area (Å²) >= 11 is 6.03. The molecule has 0 aliphatic carbocycles. The van der Waals surface area contributed by atoms with Crippen molar-refractivity contribution in [2.45, 2.75) is 12.8 Å². The molecule has 0 radical (unpaired) electrons. The van der Waals surface area contributed by atoms with E-state index in [-0.39, 0.29) is 5.91 Å². The lowest BCUT2D eigenvalue weighted by atomic mass is 10.3. The number of para-hydroxylation sites is 1. The number of rotatable bonds is 3. The number of carbonyl (C=O) groups excluding carboxylic acids is 1. The highest BCUT2D eigenvalue weighted by Crippen LogP contribution is 2.21. The summed E-state index contributed by atoms with van der Waals surface area (Å²) in [5.41, 5.74) is 0.914. The van der Waals surface area contributed by atoms with Crippen LogP contribution in [0.3, 0.4) is 0 Å². The van der Waals surface area contributed by atoms with Crippen LogP contribution in [0.15, 0.2) is 36.5 Å². The van der Waals surface area contributed by atoms with E-state index in [2.05, 4.69) is 20.2 Å². The second-order valence-electron chi connectivity index (χ2n) is 4.87. The third-order valence-corrected chi connectivity index (χ3v) is 3.72. The first-order valence-corrected chi connectivity index (χ1v) is 7.26. The van der Waals surface area contributed by atoms with E-state index in [1.807, 2.05) is 12.1 Å². The Morgan fingerprint density at radius 1 is 1.19 bits per heavy atom. The van der Waals surface area contributed by atoms with Crippen molar-refractivity contribution in [3.8, 4) is 0 Å². The van der Waals surface area contributed by atoms with Gasteiger partial charge in [-0.25, -0.2) is 9.97 Å². The minimum Gasteiger partial charge on any atom is -0.341 e. The molecule has 1 amide bonds. The van der Waals surface area contributed by atoms with Crippen molar-refractivity contribution >= 4 is 29.1 Å². The maximum Gasteiger partial charge on any atom is 0.274 e. The average molecular weight is 303 g/mol. The van der Waals surface area contributed by atoms with E-state index in [0.29, 0.717) is 22.4 Å². The van der Waals surface area contributed by atoms with E-state index in [9.17, 15) is 4.79 Å². The first-order chi connectivity index (χ1) is 10.2. The minimum atomic E-state index is -0.286. The number of carbonyl (C=O) groups is 1. The fourth-order valence-electron chi connectivity index (χ4n) is 2.29. The van der Waals surface area contributed by atoms with Crippen molar-refractivity contribution in [2.24, 2.45) is 0 Å². The average Bonchev–Trinajstić information content (AvgIpc) is 3.04. The predicted octanol–water partition coefficient (Wildman–Crippen LogP) is 2.98. The van der Waals surface area contributed by atoms with E-state index in [4.69, 9.17) is 11.6 Å². The van der Waals surface area contributed by atoms with Gasteiger partial charge in [-0.3, -0.25) is 4.79 Å². The van der Waals surface area contributed by atoms with Gasteiger partial charge in [0.05, 0.1) is 10.7 Å². The van der Waals surface area contributed by atoms with Gasteiger partial charge in [0.25, 0.3) is 5.91 Å². The van der Waals surface area contributed by atoms with Crippen LogP contribution in [0.4, 0.5) is 11.6 Å². The van der Waals surface area contributed by atoms with Crippen molar-refractivity contribution in [3.05, 3.63) is 47.2 Å². The Balaban J connectivity index is 1.78. The molecule has 1 saturated heterocycles. The van der Waals surface area contributed by atoms with Gasteiger partial charge in [-0.15, -0.1) is 0 Å². The van der Waals surface area contributed by atoms with Gasteiger partial charge in [0.2, 0.25) is 5.95 Å². The zero-order valence-electron chi connectivity index (χ0n) is 11.4. The van der Waals surface area contributed by atoms with Crippen LogP contribution in [0.5, 0.6) is 0 Å². The van der Waals surface area contributed by atoms with Crippen molar-refractivity contribution in [1.82, 2.24) is 9.97 Å². The summed E-state index contributed by atoms with van der Waals surface area (Å²) < 4.78 is 0. The lowest BCUT2D eigenvalue weighted by molar-refractivity contribution is 0.102. The number of nitrogens with one attached hydrogen (secondary N) is 1. The second kappa shape index (κ2) is 6.10. The Morgan fingerprint density at radius 3 is 2.71 bits per heavy atom.